The van der Waals surface area contributed by atoms with Crippen LogP contribution in [0.3, 0.4) is 0 Å². The van der Waals surface area contributed by atoms with Gasteiger partial charge in [0.15, 0.2) is 0 Å². The van der Waals surface area contributed by atoms with Gasteiger partial charge in [0, 0.05) is 43.4 Å². The fourth-order valence-corrected chi connectivity index (χ4v) is 4.78. The average Bonchev–Trinajstić information content (AvgIpc) is 2.77. The lowest BCUT2D eigenvalue weighted by Gasteiger charge is -2.40. The molecule has 1 fully saturated rings. The summed E-state index contributed by atoms with van der Waals surface area (Å²) < 4.78 is 16.0. The molecule has 0 bridgehead atoms. The quantitative estimate of drug-likeness (QED) is 0.611. The maximum absolute atomic E-state index is 14.3. The summed E-state index contributed by atoms with van der Waals surface area (Å²) >= 11 is 6.29. The first-order valence-corrected chi connectivity index (χ1v) is 11.2. The van der Waals surface area contributed by atoms with Crippen LogP contribution in [0.5, 0.6) is 5.75 Å². The molecule has 1 aliphatic rings. The first kappa shape index (κ1) is 22.4. The van der Waals surface area contributed by atoms with Gasteiger partial charge in [-0.15, -0.1) is 0 Å². The van der Waals surface area contributed by atoms with Crippen LogP contribution in [0.4, 0.5) is 10.1 Å². The number of aryl methyl sites for hydroxylation is 1. The first-order chi connectivity index (χ1) is 15.4. The van der Waals surface area contributed by atoms with E-state index < -0.39 is 6.04 Å². The number of halogens is 2. The van der Waals surface area contributed by atoms with E-state index >= 15 is 0 Å². The van der Waals surface area contributed by atoms with Crippen LogP contribution in [-0.4, -0.2) is 40.8 Å². The molecule has 1 aliphatic heterocycles. The normalized spacial score (nSPS) is 15.7. The minimum absolute atomic E-state index is 0.0151. The van der Waals surface area contributed by atoms with Gasteiger partial charge >= 0.3 is 0 Å². The molecule has 0 radical (unpaired) electrons. The zero-order chi connectivity index (χ0) is 22.8. The predicted molar refractivity (Wildman–Crippen MR) is 126 cm³/mol. The largest absolute Gasteiger partial charge is 0.507 e. The van der Waals surface area contributed by atoms with Crippen LogP contribution in [0.1, 0.15) is 29.8 Å². The second kappa shape index (κ2) is 9.35. The minimum Gasteiger partial charge on any atom is -0.507 e. The summed E-state index contributed by atoms with van der Waals surface area (Å²) in [5.74, 6) is -0.256. The molecular weight excluding hydrogens is 429 g/mol. The Labute approximate surface area is 192 Å². The maximum Gasteiger partial charge on any atom is 0.259 e. The van der Waals surface area contributed by atoms with Gasteiger partial charge in [0.1, 0.15) is 11.6 Å². The molecule has 7 heteroatoms. The zero-order valence-corrected chi connectivity index (χ0v) is 19.0. The molecule has 2 heterocycles. The molecule has 1 N–H and O–H groups in total. The Bertz CT molecular complexity index is 1170. The molecule has 1 aromatic heterocycles. The van der Waals surface area contributed by atoms with Gasteiger partial charge in [-0.2, -0.15) is 0 Å². The SMILES string of the molecule is CCn1c(C)cc(O)c(C(c2cccc(Cl)c2)N2CCN(c3ccccc3F)CC2)c1=O. The molecule has 0 amide bonds. The van der Waals surface area contributed by atoms with E-state index in [1.54, 1.807) is 28.8 Å². The summed E-state index contributed by atoms with van der Waals surface area (Å²) in [6, 6.07) is 15.4. The Balaban J connectivity index is 1.73. The Kier molecular flexibility index (Phi) is 6.53. The summed E-state index contributed by atoms with van der Waals surface area (Å²) in [5.41, 5.74) is 2.28. The fraction of sp³-hybridized carbons (Fsp3) is 0.320. The van der Waals surface area contributed by atoms with Crippen LogP contribution in [0.2, 0.25) is 5.02 Å². The van der Waals surface area contributed by atoms with Gasteiger partial charge in [0.05, 0.1) is 17.3 Å². The van der Waals surface area contributed by atoms with Gasteiger partial charge in [-0.25, -0.2) is 4.39 Å². The highest BCUT2D eigenvalue weighted by atomic mass is 35.5. The van der Waals surface area contributed by atoms with Crippen molar-refractivity contribution in [2.24, 2.45) is 0 Å². The van der Waals surface area contributed by atoms with E-state index in [2.05, 4.69) is 4.90 Å². The highest BCUT2D eigenvalue weighted by Gasteiger charge is 2.32. The summed E-state index contributed by atoms with van der Waals surface area (Å²) in [6.07, 6.45) is 0. The third kappa shape index (κ3) is 4.25. The Morgan fingerprint density at radius 1 is 1.06 bits per heavy atom. The summed E-state index contributed by atoms with van der Waals surface area (Å²) in [7, 11) is 0. The lowest BCUT2D eigenvalue weighted by Crippen LogP contribution is -2.49. The van der Waals surface area contributed by atoms with Gasteiger partial charge in [-0.1, -0.05) is 35.9 Å². The first-order valence-electron chi connectivity index (χ1n) is 10.8. The van der Waals surface area contributed by atoms with Crippen LogP contribution in [0.15, 0.2) is 59.4 Å². The lowest BCUT2D eigenvalue weighted by atomic mass is 9.96. The van der Waals surface area contributed by atoms with Gasteiger partial charge in [0.2, 0.25) is 0 Å². The standard InChI is InChI=1S/C25H27ClFN3O2/c1-3-30-17(2)15-22(31)23(25(30)32)24(18-7-6-8-19(26)16-18)29-13-11-28(12-14-29)21-10-5-4-9-20(21)27/h4-10,15-16,24,31H,3,11-14H2,1-2H3. The Morgan fingerprint density at radius 2 is 1.78 bits per heavy atom. The number of rotatable bonds is 5. The van der Waals surface area contributed by atoms with Crippen LogP contribution < -0.4 is 10.5 Å². The van der Waals surface area contributed by atoms with Crippen molar-refractivity contribution in [1.29, 1.82) is 0 Å². The van der Waals surface area contributed by atoms with Crippen molar-refractivity contribution in [2.45, 2.75) is 26.4 Å². The van der Waals surface area contributed by atoms with Crippen molar-refractivity contribution < 1.29 is 9.50 Å². The van der Waals surface area contributed by atoms with Crippen molar-refractivity contribution in [2.75, 3.05) is 31.1 Å². The molecule has 0 aliphatic carbocycles. The maximum atomic E-state index is 14.3. The van der Waals surface area contributed by atoms with Crippen molar-refractivity contribution in [3.05, 3.63) is 92.6 Å². The number of aromatic hydroxyl groups is 1. The second-order valence-corrected chi connectivity index (χ2v) is 8.50. The summed E-state index contributed by atoms with van der Waals surface area (Å²) in [6.45, 7) is 6.65. The lowest BCUT2D eigenvalue weighted by molar-refractivity contribution is 0.207. The fourth-order valence-electron chi connectivity index (χ4n) is 4.58. The van der Waals surface area contributed by atoms with E-state index in [4.69, 9.17) is 11.6 Å². The molecule has 168 valence electrons. The number of piperazine rings is 1. The van der Waals surface area contributed by atoms with E-state index in [1.807, 2.05) is 43.0 Å². The summed E-state index contributed by atoms with van der Waals surface area (Å²) in [5, 5.41) is 11.4. The van der Waals surface area contributed by atoms with E-state index in [0.717, 1.165) is 5.56 Å². The molecule has 0 saturated carbocycles. The van der Waals surface area contributed by atoms with Crippen molar-refractivity contribution >= 4 is 17.3 Å². The molecule has 3 aromatic rings. The van der Waals surface area contributed by atoms with Gasteiger partial charge in [-0.05, 0) is 49.7 Å². The molecular formula is C25H27ClFN3O2. The number of pyridine rings is 1. The number of nitrogens with zero attached hydrogens (tertiary/aromatic N) is 3. The number of aromatic nitrogens is 1. The highest BCUT2D eigenvalue weighted by molar-refractivity contribution is 6.30. The topological polar surface area (TPSA) is 48.7 Å². The number of para-hydroxylation sites is 1. The zero-order valence-electron chi connectivity index (χ0n) is 18.3. The van der Waals surface area contributed by atoms with E-state index in [0.29, 0.717) is 54.7 Å². The number of benzene rings is 2. The second-order valence-electron chi connectivity index (χ2n) is 8.07. The summed E-state index contributed by atoms with van der Waals surface area (Å²) in [4.78, 5) is 17.6. The number of hydrogen-bond donors (Lipinski definition) is 1. The monoisotopic (exact) mass is 455 g/mol. The predicted octanol–water partition coefficient (Wildman–Crippen LogP) is 4.59. The molecule has 32 heavy (non-hydrogen) atoms. The van der Waals surface area contributed by atoms with E-state index in [1.165, 1.54) is 6.07 Å². The Hall–Kier alpha value is -2.83. The van der Waals surface area contributed by atoms with Crippen LogP contribution in [0, 0.1) is 12.7 Å². The molecule has 2 aromatic carbocycles. The average molecular weight is 456 g/mol. The molecule has 1 atom stereocenters. The van der Waals surface area contributed by atoms with E-state index in [9.17, 15) is 14.3 Å². The van der Waals surface area contributed by atoms with Gasteiger partial charge in [-0.3, -0.25) is 9.69 Å². The molecule has 0 spiro atoms. The van der Waals surface area contributed by atoms with Gasteiger partial charge < -0.3 is 14.6 Å². The smallest absolute Gasteiger partial charge is 0.259 e. The molecule has 4 rings (SSSR count). The van der Waals surface area contributed by atoms with Crippen LogP contribution in [-0.2, 0) is 6.54 Å². The van der Waals surface area contributed by atoms with Crippen molar-refractivity contribution in [3.63, 3.8) is 0 Å². The van der Waals surface area contributed by atoms with Crippen LogP contribution in [0.25, 0.3) is 0 Å². The van der Waals surface area contributed by atoms with Crippen molar-refractivity contribution in [3.8, 4) is 5.75 Å². The van der Waals surface area contributed by atoms with E-state index in [-0.39, 0.29) is 17.1 Å². The third-order valence-electron chi connectivity index (χ3n) is 6.15. The van der Waals surface area contributed by atoms with Gasteiger partial charge in [0.25, 0.3) is 5.56 Å². The highest BCUT2D eigenvalue weighted by Crippen LogP contribution is 2.35. The number of anilines is 1. The molecule has 5 nitrogen and oxygen atoms in total. The number of hydrogen-bond acceptors (Lipinski definition) is 4. The van der Waals surface area contributed by atoms with Crippen LogP contribution >= 0.6 is 11.6 Å². The molecule has 1 saturated heterocycles. The third-order valence-corrected chi connectivity index (χ3v) is 6.38. The molecule has 1 unspecified atom stereocenters. The van der Waals surface area contributed by atoms with Crippen molar-refractivity contribution in [1.82, 2.24) is 9.47 Å². The minimum atomic E-state index is -0.456. The Morgan fingerprint density at radius 3 is 2.44 bits per heavy atom.